The van der Waals surface area contributed by atoms with Gasteiger partial charge in [-0.15, -0.1) is 34.0 Å². The zero-order chi connectivity index (χ0) is 51.5. The summed E-state index contributed by atoms with van der Waals surface area (Å²) >= 11 is 3.86. The van der Waals surface area contributed by atoms with Gasteiger partial charge in [-0.2, -0.15) is 0 Å². The predicted molar refractivity (Wildman–Crippen MR) is 293 cm³/mol. The summed E-state index contributed by atoms with van der Waals surface area (Å²) in [5.74, 6) is 3.40. The third-order valence-corrected chi connectivity index (χ3v) is 14.7. The van der Waals surface area contributed by atoms with Gasteiger partial charge in [-0.1, -0.05) is 20.8 Å². The Morgan fingerprint density at radius 1 is 0.474 bits per heavy atom. The molecule has 0 amide bonds. The van der Waals surface area contributed by atoms with E-state index in [2.05, 4.69) is 51.8 Å². The fourth-order valence-electron chi connectivity index (χ4n) is 7.72. The Balaban J connectivity index is 0.000000150. The summed E-state index contributed by atoms with van der Waals surface area (Å²) in [6.07, 6.45) is 10.8. The minimum absolute atomic E-state index is 0. The molecule has 12 aromatic rings. The van der Waals surface area contributed by atoms with Gasteiger partial charge < -0.3 is 29.4 Å². The molecule has 9 heterocycles. The Bertz CT molecular complexity index is 4210. The number of hydrogen-bond acceptors (Lipinski definition) is 21. The molecule has 12 rings (SSSR count). The normalized spacial score (nSPS) is 10.9. The zero-order valence-electron chi connectivity index (χ0n) is 40.3. The van der Waals surface area contributed by atoms with Crippen LogP contribution in [0.1, 0.15) is 27.2 Å². The molecule has 0 aliphatic rings. The van der Waals surface area contributed by atoms with Gasteiger partial charge in [0.2, 0.25) is 11.8 Å². The van der Waals surface area contributed by atoms with E-state index in [1.807, 2.05) is 36.4 Å². The summed E-state index contributed by atoms with van der Waals surface area (Å²) < 4.78 is 32.6. The van der Waals surface area contributed by atoms with Crippen LogP contribution in [0, 0.1) is 37.7 Å². The fraction of sp³-hybridized carbons (Fsp3) is 0.176. The van der Waals surface area contributed by atoms with Crippen LogP contribution >= 0.6 is 34.0 Å². The number of fused-ring (bicyclic) bond motifs is 9. The number of anilines is 1. The molecule has 9 aromatic heterocycles. The second kappa shape index (κ2) is 23.9. The molecule has 21 nitrogen and oxygen atoms in total. The van der Waals surface area contributed by atoms with Crippen LogP contribution in [0.5, 0.6) is 29.0 Å². The summed E-state index contributed by atoms with van der Waals surface area (Å²) in [6.45, 7) is 2.67. The molecular weight excluding hydrogens is 1060 g/mol. The molecule has 0 spiro atoms. The van der Waals surface area contributed by atoms with Crippen molar-refractivity contribution in [3.63, 3.8) is 0 Å². The molecule has 25 heteroatoms. The van der Waals surface area contributed by atoms with Crippen molar-refractivity contribution >= 4 is 101 Å². The molecular formula is C51H45ArN13O8S3. The van der Waals surface area contributed by atoms with Gasteiger partial charge in [0.15, 0.2) is 0 Å². The zero-order valence-corrected chi connectivity index (χ0v) is 43.5. The molecule has 3 aromatic carbocycles. The van der Waals surface area contributed by atoms with E-state index in [9.17, 15) is 14.4 Å². The van der Waals surface area contributed by atoms with E-state index in [0.29, 0.717) is 96.9 Å². The number of nitrogen functional groups attached to an aromatic ring is 1. The van der Waals surface area contributed by atoms with Gasteiger partial charge in [-0.05, 0) is 79.2 Å². The second-order valence-electron chi connectivity index (χ2n) is 15.8. The first-order valence-electron chi connectivity index (χ1n) is 22.4. The van der Waals surface area contributed by atoms with Crippen molar-refractivity contribution in [3.8, 4) is 46.1 Å². The number of ether oxygens (including phenoxy) is 5. The first-order valence-corrected chi connectivity index (χ1v) is 24.9. The maximum Gasteiger partial charge on any atom is 0.275 e. The summed E-state index contributed by atoms with van der Waals surface area (Å²) in [7, 11) is 6.33. The number of benzene rings is 3. The summed E-state index contributed by atoms with van der Waals surface area (Å²) in [4.78, 5) is 79.0. The average molecular weight is 1100 g/mol. The van der Waals surface area contributed by atoms with E-state index in [0.717, 1.165) is 35.8 Å². The molecule has 2 N–H and O–H groups in total. The first kappa shape index (κ1) is 54.5. The molecule has 0 fully saturated rings. The summed E-state index contributed by atoms with van der Waals surface area (Å²) in [5.41, 5.74) is 9.25. The number of thiophene rings is 3. The third kappa shape index (κ3) is 10.5. The van der Waals surface area contributed by atoms with E-state index in [-0.39, 0.29) is 61.8 Å². The largest absolute Gasteiger partial charge is 0.497 e. The van der Waals surface area contributed by atoms with Gasteiger partial charge in [-0.3, -0.25) is 28.1 Å². The van der Waals surface area contributed by atoms with Crippen LogP contribution in [-0.2, 0) is 0 Å². The predicted octanol–water partition coefficient (Wildman–Crippen LogP) is 8.60. The number of rotatable bonds is 11. The van der Waals surface area contributed by atoms with Crippen molar-refractivity contribution in [1.82, 2.24) is 58.6 Å². The number of methoxy groups -OCH3 is 4. The second-order valence-corrected chi connectivity index (χ2v) is 18.8. The molecule has 0 aliphatic heterocycles. The van der Waals surface area contributed by atoms with Crippen LogP contribution in [0.15, 0.2) is 125 Å². The molecule has 0 unspecified atom stereocenters. The Morgan fingerprint density at radius 2 is 0.829 bits per heavy atom. The molecule has 0 radical (unpaired) electrons. The van der Waals surface area contributed by atoms with Gasteiger partial charge in [0.1, 0.15) is 117 Å². The van der Waals surface area contributed by atoms with E-state index < -0.39 is 0 Å². The maximum absolute atomic E-state index is 13.0. The van der Waals surface area contributed by atoms with Crippen molar-refractivity contribution in [1.29, 1.82) is 0 Å². The SMILES string of the molecule is C.CCCCOc1ncnc2sc3c(=O)n(-c4ccc(OC)cc4)cnc3c12.COc1ccc(-n2cnc3c(sc4ncnc(N)c43)c2=O)cc1.COc1ccc(-n2cnc3c(sc4ncnc(OC)c43)c2=O)cc1.[Ar]. The van der Waals surface area contributed by atoms with Gasteiger partial charge in [0.05, 0.1) is 57.5 Å². The van der Waals surface area contributed by atoms with Crippen molar-refractivity contribution in [3.05, 3.63) is 142 Å². The molecule has 0 saturated heterocycles. The van der Waals surface area contributed by atoms with Crippen LogP contribution in [0.3, 0.4) is 0 Å². The molecule has 76 heavy (non-hydrogen) atoms. The van der Waals surface area contributed by atoms with Gasteiger partial charge in [-0.25, -0.2) is 44.9 Å². The third-order valence-electron chi connectivity index (χ3n) is 11.5. The van der Waals surface area contributed by atoms with Crippen molar-refractivity contribution < 1.29 is 61.4 Å². The van der Waals surface area contributed by atoms with Crippen LogP contribution in [0.2, 0.25) is 0 Å². The Morgan fingerprint density at radius 3 is 1.21 bits per heavy atom. The summed E-state index contributed by atoms with van der Waals surface area (Å²) in [6, 6.07) is 21.6. The van der Waals surface area contributed by atoms with E-state index in [1.54, 1.807) is 57.7 Å². The fourth-order valence-corrected chi connectivity index (χ4v) is 10.8. The number of unbranched alkanes of at least 4 members (excludes halogenated alkanes) is 1. The monoisotopic (exact) mass is 1100 g/mol. The molecule has 0 aliphatic carbocycles. The van der Waals surface area contributed by atoms with Crippen LogP contribution in [0.4, 0.5) is 5.82 Å². The standard InChI is InChI=1S/C19H18N4O3S.C16H12N4O3S.C15H11N5O2S.CH4.Ar/c1-3-4-9-26-17-14-15-16(27-18(14)21-10-20-17)19(24)23(11-22-15)12-5-7-13(25-2)8-6-12;1-22-10-5-3-9(4-6-10)20-8-19-12-11-14(23-2)17-7-18-15(11)24-13(12)16(20)21;1-22-9-4-2-8(3-5-9)20-7-19-11-10-13(16)17-6-18-14(10)23-12(11)15(20)21;;/h5-8,10-11H,3-4,9H2,1-2H3;3-8H,1-2H3;2-7H,1H3,(H2,16,17,18);1H4;. The maximum atomic E-state index is 13.0. The minimum Gasteiger partial charge on any atom is -0.497 e. The topological polar surface area (TPSA) is 254 Å². The molecule has 388 valence electrons. The Hall–Kier alpha value is -7.74. The van der Waals surface area contributed by atoms with Crippen LogP contribution in [-0.4, -0.2) is 93.6 Å². The van der Waals surface area contributed by atoms with Crippen LogP contribution in [0.25, 0.3) is 78.4 Å². The number of nitrogens with zero attached hydrogens (tertiary/aromatic N) is 12. The van der Waals surface area contributed by atoms with Crippen molar-refractivity contribution in [2.24, 2.45) is 0 Å². The van der Waals surface area contributed by atoms with Crippen LogP contribution < -0.4 is 46.1 Å². The average Bonchev–Trinajstić information content (AvgIpc) is 4.24. The first-order chi connectivity index (χ1) is 36.1. The summed E-state index contributed by atoms with van der Waals surface area (Å²) in [5, 5.41) is 2.00. The minimum atomic E-state index is -0.164. The number of aromatic nitrogens is 12. The van der Waals surface area contributed by atoms with E-state index in [4.69, 9.17) is 29.4 Å². The number of hydrogen-bond donors (Lipinski definition) is 1. The van der Waals surface area contributed by atoms with E-state index >= 15 is 0 Å². The van der Waals surface area contributed by atoms with Gasteiger partial charge in [0, 0.05) is 37.7 Å². The van der Waals surface area contributed by atoms with Crippen molar-refractivity contribution in [2.45, 2.75) is 27.2 Å². The van der Waals surface area contributed by atoms with E-state index in [1.165, 1.54) is 92.8 Å². The number of nitrogens with two attached hydrogens (primary N) is 1. The molecule has 0 atom stereocenters. The molecule has 0 saturated carbocycles. The Labute approximate surface area is 473 Å². The molecule has 0 bridgehead atoms. The smallest absolute Gasteiger partial charge is 0.275 e. The van der Waals surface area contributed by atoms with Crippen molar-refractivity contribution in [2.75, 3.05) is 40.8 Å². The Kier molecular flexibility index (Phi) is 17.1. The quantitative estimate of drug-likeness (QED) is 0.119. The van der Waals surface area contributed by atoms with Gasteiger partial charge >= 0.3 is 0 Å². The van der Waals surface area contributed by atoms with Gasteiger partial charge in [0.25, 0.3) is 16.7 Å².